The van der Waals surface area contributed by atoms with Gasteiger partial charge in [-0.3, -0.25) is 10.1 Å². The van der Waals surface area contributed by atoms with Crippen LogP contribution in [-0.2, 0) is 6.42 Å². The molecule has 6 heteroatoms. The number of thiazole rings is 1. The molecule has 0 saturated carbocycles. The fraction of sp³-hybridized carbons (Fsp3) is 0.111. The normalized spacial score (nSPS) is 10.6. The molecular weight excluding hydrogens is 330 g/mol. The highest BCUT2D eigenvalue weighted by Gasteiger charge is 2.18. The number of hydrogen-bond donors (Lipinski definition) is 1. The van der Waals surface area contributed by atoms with Gasteiger partial charge in [-0.05, 0) is 24.1 Å². The van der Waals surface area contributed by atoms with E-state index in [1.54, 1.807) is 5.38 Å². The molecule has 0 aliphatic heterocycles. The molecule has 0 bridgehead atoms. The largest absolute Gasteiger partial charge is 0.298 e. The van der Waals surface area contributed by atoms with Crippen LogP contribution in [0.2, 0.25) is 0 Å². The molecular formula is C18H14F2N2OS. The zero-order chi connectivity index (χ0) is 17.1. The Balaban J connectivity index is 1.79. The summed E-state index contributed by atoms with van der Waals surface area (Å²) < 4.78 is 27.3. The summed E-state index contributed by atoms with van der Waals surface area (Å²) in [6.45, 7) is 2.08. The molecule has 3 aromatic rings. The second kappa shape index (κ2) is 6.88. The summed E-state index contributed by atoms with van der Waals surface area (Å²) in [5.41, 5.74) is 2.23. The molecule has 0 aliphatic carbocycles. The topological polar surface area (TPSA) is 42.0 Å². The van der Waals surface area contributed by atoms with Crippen LogP contribution in [0, 0.1) is 11.6 Å². The van der Waals surface area contributed by atoms with E-state index in [1.165, 1.54) is 23.0 Å². The van der Waals surface area contributed by atoms with E-state index in [0.717, 1.165) is 24.1 Å². The molecule has 24 heavy (non-hydrogen) atoms. The molecule has 0 unspecified atom stereocenters. The van der Waals surface area contributed by atoms with Crippen LogP contribution in [0.1, 0.15) is 22.8 Å². The summed E-state index contributed by atoms with van der Waals surface area (Å²) in [4.78, 5) is 16.4. The van der Waals surface area contributed by atoms with E-state index < -0.39 is 23.1 Å². The average molecular weight is 344 g/mol. The van der Waals surface area contributed by atoms with Crippen molar-refractivity contribution in [1.82, 2.24) is 4.98 Å². The predicted octanol–water partition coefficient (Wildman–Crippen LogP) is 4.90. The van der Waals surface area contributed by atoms with Crippen molar-refractivity contribution in [2.24, 2.45) is 0 Å². The lowest BCUT2D eigenvalue weighted by atomic mass is 10.1. The second-order valence-corrected chi connectivity index (χ2v) is 6.00. The van der Waals surface area contributed by atoms with Gasteiger partial charge < -0.3 is 0 Å². The van der Waals surface area contributed by atoms with Crippen molar-refractivity contribution in [1.29, 1.82) is 0 Å². The minimum atomic E-state index is -0.903. The van der Waals surface area contributed by atoms with Gasteiger partial charge in [0.05, 0.1) is 5.69 Å². The first-order valence-electron chi connectivity index (χ1n) is 7.38. The molecule has 3 nitrogen and oxygen atoms in total. The maximum Gasteiger partial charge on any atom is 0.263 e. The van der Waals surface area contributed by atoms with Gasteiger partial charge in [0, 0.05) is 10.9 Å². The molecule has 0 radical (unpaired) electrons. The lowest BCUT2D eigenvalue weighted by molar-refractivity contribution is 0.101. The van der Waals surface area contributed by atoms with E-state index in [9.17, 15) is 13.6 Å². The number of halogens is 2. The Labute approximate surface area is 142 Å². The van der Waals surface area contributed by atoms with Crippen molar-refractivity contribution in [3.8, 4) is 11.3 Å². The van der Waals surface area contributed by atoms with Crippen LogP contribution >= 0.6 is 11.3 Å². The molecule has 1 heterocycles. The highest BCUT2D eigenvalue weighted by atomic mass is 32.1. The van der Waals surface area contributed by atoms with E-state index in [1.807, 2.05) is 24.3 Å². The fourth-order valence-electron chi connectivity index (χ4n) is 2.25. The minimum absolute atomic E-state index is 0.289. The van der Waals surface area contributed by atoms with Crippen molar-refractivity contribution >= 4 is 22.4 Å². The first-order chi connectivity index (χ1) is 11.6. The number of carbonyl (C=O) groups is 1. The summed E-state index contributed by atoms with van der Waals surface area (Å²) in [6.07, 6.45) is 0.951. The highest BCUT2D eigenvalue weighted by Crippen LogP contribution is 2.26. The number of nitrogens with one attached hydrogen (secondary N) is 1. The van der Waals surface area contributed by atoms with E-state index >= 15 is 0 Å². The van der Waals surface area contributed by atoms with E-state index in [-0.39, 0.29) is 5.13 Å². The summed E-state index contributed by atoms with van der Waals surface area (Å²) in [5, 5.41) is 4.52. The van der Waals surface area contributed by atoms with Crippen molar-refractivity contribution in [3.63, 3.8) is 0 Å². The molecule has 0 spiro atoms. The van der Waals surface area contributed by atoms with Crippen molar-refractivity contribution in [2.75, 3.05) is 5.32 Å². The van der Waals surface area contributed by atoms with Crippen molar-refractivity contribution in [2.45, 2.75) is 13.3 Å². The molecule has 0 atom stereocenters. The third-order valence-corrected chi connectivity index (χ3v) is 4.33. The molecule has 1 N–H and O–H groups in total. The van der Waals surface area contributed by atoms with Crippen LogP contribution in [-0.4, -0.2) is 10.9 Å². The zero-order valence-corrected chi connectivity index (χ0v) is 13.7. The summed E-state index contributed by atoms with van der Waals surface area (Å²) in [5.74, 6) is -2.66. The zero-order valence-electron chi connectivity index (χ0n) is 12.8. The fourth-order valence-corrected chi connectivity index (χ4v) is 2.96. The number of amides is 1. The smallest absolute Gasteiger partial charge is 0.263 e. The number of carbonyl (C=O) groups excluding carboxylic acids is 1. The number of anilines is 1. The van der Waals surface area contributed by atoms with Crippen LogP contribution in [0.15, 0.2) is 47.8 Å². The molecule has 0 fully saturated rings. The number of nitrogens with zero attached hydrogens (tertiary/aromatic N) is 1. The molecule has 122 valence electrons. The third-order valence-electron chi connectivity index (χ3n) is 3.57. The van der Waals surface area contributed by atoms with E-state index in [0.29, 0.717) is 5.69 Å². The number of aromatic nitrogens is 1. The third kappa shape index (κ3) is 3.33. The van der Waals surface area contributed by atoms with Crippen LogP contribution in [0.4, 0.5) is 13.9 Å². The Hall–Kier alpha value is -2.60. The lowest BCUT2D eigenvalue weighted by Crippen LogP contribution is -2.15. The molecule has 1 aromatic heterocycles. The van der Waals surface area contributed by atoms with E-state index in [4.69, 9.17) is 0 Å². The molecule has 2 aromatic carbocycles. The van der Waals surface area contributed by atoms with Gasteiger partial charge in [0.25, 0.3) is 5.91 Å². The van der Waals surface area contributed by atoms with Gasteiger partial charge in [-0.15, -0.1) is 11.3 Å². The Morgan fingerprint density at radius 3 is 2.42 bits per heavy atom. The van der Waals surface area contributed by atoms with Gasteiger partial charge in [0.15, 0.2) is 5.13 Å². The monoisotopic (exact) mass is 344 g/mol. The first-order valence-corrected chi connectivity index (χ1v) is 8.26. The Kier molecular flexibility index (Phi) is 4.66. The number of benzene rings is 2. The van der Waals surface area contributed by atoms with Gasteiger partial charge in [-0.25, -0.2) is 13.8 Å². The van der Waals surface area contributed by atoms with Gasteiger partial charge in [0.2, 0.25) is 0 Å². The maximum atomic E-state index is 13.6. The molecule has 0 saturated heterocycles. The summed E-state index contributed by atoms with van der Waals surface area (Å²) in [7, 11) is 0. The number of rotatable bonds is 4. The van der Waals surface area contributed by atoms with Crippen LogP contribution in [0.3, 0.4) is 0 Å². The molecule has 1 amide bonds. The Morgan fingerprint density at radius 2 is 1.79 bits per heavy atom. The van der Waals surface area contributed by atoms with E-state index in [2.05, 4.69) is 17.2 Å². The van der Waals surface area contributed by atoms with Gasteiger partial charge in [-0.2, -0.15) is 0 Å². The lowest BCUT2D eigenvalue weighted by Gasteiger charge is -2.04. The Morgan fingerprint density at radius 1 is 1.12 bits per heavy atom. The highest BCUT2D eigenvalue weighted by molar-refractivity contribution is 7.14. The number of hydrogen-bond acceptors (Lipinski definition) is 3. The van der Waals surface area contributed by atoms with Gasteiger partial charge in [0.1, 0.15) is 17.2 Å². The van der Waals surface area contributed by atoms with Gasteiger partial charge >= 0.3 is 0 Å². The van der Waals surface area contributed by atoms with Crippen molar-refractivity contribution in [3.05, 3.63) is 70.6 Å². The van der Waals surface area contributed by atoms with Gasteiger partial charge in [-0.1, -0.05) is 37.3 Å². The maximum absolute atomic E-state index is 13.6. The van der Waals surface area contributed by atoms with Crippen LogP contribution in [0.25, 0.3) is 11.3 Å². The first kappa shape index (κ1) is 16.3. The second-order valence-electron chi connectivity index (χ2n) is 5.14. The average Bonchev–Trinajstić information content (AvgIpc) is 3.03. The Bertz CT molecular complexity index is 855. The summed E-state index contributed by atoms with van der Waals surface area (Å²) >= 11 is 1.20. The number of aryl methyl sites for hydroxylation is 1. The van der Waals surface area contributed by atoms with Crippen molar-refractivity contribution < 1.29 is 13.6 Å². The predicted molar refractivity (Wildman–Crippen MR) is 91.2 cm³/mol. The standard InChI is InChI=1S/C18H14F2N2OS/c1-2-11-6-8-12(9-7-11)15-10-24-18(21-15)22-17(23)16-13(19)4-3-5-14(16)20/h3-10H,2H2,1H3,(H,21,22,23). The quantitative estimate of drug-likeness (QED) is 0.731. The van der Waals surface area contributed by atoms with Crippen LogP contribution < -0.4 is 5.32 Å². The molecule has 0 aliphatic rings. The summed E-state index contributed by atoms with van der Waals surface area (Å²) in [6, 6.07) is 11.2. The van der Waals surface area contributed by atoms with Crippen LogP contribution in [0.5, 0.6) is 0 Å². The molecule has 3 rings (SSSR count). The SMILES string of the molecule is CCc1ccc(-c2csc(NC(=O)c3c(F)cccc3F)n2)cc1. The minimum Gasteiger partial charge on any atom is -0.298 e.